The fourth-order valence-electron chi connectivity index (χ4n) is 0.495. The van der Waals surface area contributed by atoms with Crippen LogP contribution in [0.2, 0.25) is 0 Å². The highest BCUT2D eigenvalue weighted by Gasteiger charge is 2.19. The summed E-state index contributed by atoms with van der Waals surface area (Å²) in [6, 6.07) is 0. The number of hydrogen-bond donors (Lipinski definition) is 0. The van der Waals surface area contributed by atoms with Gasteiger partial charge in [0.2, 0.25) is 0 Å². The lowest BCUT2D eigenvalue weighted by Gasteiger charge is -2.30. The normalized spacial score (nSPS) is 11.8. The van der Waals surface area contributed by atoms with Crippen molar-refractivity contribution in [2.24, 2.45) is 0 Å². The van der Waals surface area contributed by atoms with Gasteiger partial charge in [0.15, 0.2) is 0 Å². The molecule has 66 valence electrons. The number of carbonyl (C=O) groups excluding carboxylic acids is 1. The second-order valence-electron chi connectivity index (χ2n) is 3.60. The fourth-order valence-corrected chi connectivity index (χ4v) is 0.495. The van der Waals surface area contributed by atoms with E-state index in [0.29, 0.717) is 6.54 Å². The van der Waals surface area contributed by atoms with Crippen LogP contribution >= 0.6 is 0 Å². The van der Waals surface area contributed by atoms with Gasteiger partial charge in [-0.3, -0.25) is 9.69 Å². The molecule has 0 aromatic carbocycles. The molecule has 11 heavy (non-hydrogen) atoms. The number of carbonyl (C=O) groups is 1. The van der Waals surface area contributed by atoms with E-state index < -0.39 is 0 Å². The first-order valence-corrected chi connectivity index (χ1v) is 3.66. The van der Waals surface area contributed by atoms with Crippen molar-refractivity contribution in [2.75, 3.05) is 20.7 Å². The molecule has 0 aliphatic carbocycles. The van der Waals surface area contributed by atoms with Crippen molar-refractivity contribution in [2.45, 2.75) is 26.3 Å². The first-order valence-electron chi connectivity index (χ1n) is 3.66. The van der Waals surface area contributed by atoms with E-state index in [1.807, 2.05) is 11.9 Å². The monoisotopic (exact) mass is 159 g/mol. The Kier molecular flexibility index (Phi) is 3.52. The second kappa shape index (κ2) is 3.72. The van der Waals surface area contributed by atoms with Crippen LogP contribution in [0.5, 0.6) is 0 Å². The van der Waals surface area contributed by atoms with Crippen molar-refractivity contribution in [1.29, 1.82) is 0 Å². The number of methoxy groups -OCH3 is 1. The van der Waals surface area contributed by atoms with Gasteiger partial charge in [0.25, 0.3) is 0 Å². The van der Waals surface area contributed by atoms with E-state index >= 15 is 0 Å². The van der Waals surface area contributed by atoms with E-state index in [4.69, 9.17) is 0 Å². The molecule has 0 radical (unpaired) electrons. The van der Waals surface area contributed by atoms with Crippen LogP contribution < -0.4 is 0 Å². The number of likely N-dealkylation sites (N-methyl/N-ethyl adjacent to an activating group) is 1. The Morgan fingerprint density at radius 1 is 1.45 bits per heavy atom. The highest BCUT2D eigenvalue weighted by molar-refractivity contribution is 5.71. The molecule has 0 rings (SSSR count). The van der Waals surface area contributed by atoms with Crippen molar-refractivity contribution in [1.82, 2.24) is 4.90 Å². The van der Waals surface area contributed by atoms with Crippen LogP contribution in [0.15, 0.2) is 0 Å². The van der Waals surface area contributed by atoms with Crippen molar-refractivity contribution in [3.05, 3.63) is 0 Å². The molecule has 0 fully saturated rings. The third-order valence-electron chi connectivity index (χ3n) is 1.74. The number of hydrogen-bond acceptors (Lipinski definition) is 3. The molecule has 0 amide bonds. The van der Waals surface area contributed by atoms with Crippen LogP contribution in [0.25, 0.3) is 0 Å². The molecular weight excluding hydrogens is 142 g/mol. The Morgan fingerprint density at radius 3 is 2.18 bits per heavy atom. The zero-order valence-corrected chi connectivity index (χ0v) is 7.97. The maximum atomic E-state index is 10.8. The van der Waals surface area contributed by atoms with Crippen molar-refractivity contribution in [3.8, 4) is 0 Å². The van der Waals surface area contributed by atoms with Gasteiger partial charge in [0.05, 0.1) is 13.7 Å². The molecule has 0 bridgehead atoms. The van der Waals surface area contributed by atoms with E-state index in [1.165, 1.54) is 7.11 Å². The summed E-state index contributed by atoms with van der Waals surface area (Å²) in [4.78, 5) is 12.7. The lowest BCUT2D eigenvalue weighted by molar-refractivity contribution is -0.142. The second-order valence-corrected chi connectivity index (χ2v) is 3.60. The number of rotatable bonds is 2. The van der Waals surface area contributed by atoms with Crippen molar-refractivity contribution < 1.29 is 9.53 Å². The first-order chi connectivity index (χ1) is 4.88. The molecule has 0 saturated heterocycles. The molecule has 0 unspecified atom stereocenters. The quantitative estimate of drug-likeness (QED) is 0.560. The minimum absolute atomic E-state index is 0.0220. The van der Waals surface area contributed by atoms with Crippen LogP contribution in [0, 0.1) is 0 Å². The van der Waals surface area contributed by atoms with Crippen LogP contribution in [-0.4, -0.2) is 37.1 Å². The molecular formula is C8H17NO2. The molecule has 0 aromatic heterocycles. The highest BCUT2D eigenvalue weighted by atomic mass is 16.5. The van der Waals surface area contributed by atoms with Crippen molar-refractivity contribution in [3.63, 3.8) is 0 Å². The van der Waals surface area contributed by atoms with Gasteiger partial charge in [-0.05, 0) is 27.8 Å². The Labute approximate surface area is 68.3 Å². The Balaban J connectivity index is 3.87. The minimum atomic E-state index is -0.192. The van der Waals surface area contributed by atoms with Gasteiger partial charge in [-0.1, -0.05) is 0 Å². The number of ether oxygens (including phenoxy) is 1. The summed E-state index contributed by atoms with van der Waals surface area (Å²) in [7, 11) is 3.30. The van der Waals surface area contributed by atoms with Gasteiger partial charge in [-0.2, -0.15) is 0 Å². The van der Waals surface area contributed by atoms with Crippen LogP contribution in [0.4, 0.5) is 0 Å². The molecule has 0 aliphatic heterocycles. The topological polar surface area (TPSA) is 29.5 Å². The molecule has 0 aliphatic rings. The van der Waals surface area contributed by atoms with Crippen LogP contribution in [0.3, 0.4) is 0 Å². The van der Waals surface area contributed by atoms with E-state index in [1.54, 1.807) is 0 Å². The summed E-state index contributed by atoms with van der Waals surface area (Å²) in [6.45, 7) is 6.50. The predicted octanol–water partition coefficient (Wildman–Crippen LogP) is 0.890. The summed E-state index contributed by atoms with van der Waals surface area (Å²) >= 11 is 0. The van der Waals surface area contributed by atoms with Gasteiger partial charge in [0.1, 0.15) is 0 Å². The van der Waals surface area contributed by atoms with Gasteiger partial charge in [-0.15, -0.1) is 0 Å². The molecule has 0 N–H and O–H groups in total. The standard InChI is InChI=1S/C8H17NO2/c1-8(2,3)9(4)6-7(10)11-5/h6H2,1-5H3. The van der Waals surface area contributed by atoms with Gasteiger partial charge >= 0.3 is 5.97 Å². The number of esters is 1. The number of nitrogens with zero attached hydrogens (tertiary/aromatic N) is 1. The molecule has 3 nitrogen and oxygen atoms in total. The Morgan fingerprint density at radius 2 is 1.91 bits per heavy atom. The molecule has 0 atom stereocenters. The summed E-state index contributed by atoms with van der Waals surface area (Å²) in [5.41, 5.74) is 0.0220. The zero-order chi connectivity index (χ0) is 9.07. The van der Waals surface area contributed by atoms with Gasteiger partial charge in [0, 0.05) is 5.54 Å². The maximum Gasteiger partial charge on any atom is 0.319 e. The third kappa shape index (κ3) is 3.98. The largest absolute Gasteiger partial charge is 0.468 e. The zero-order valence-electron chi connectivity index (χ0n) is 7.97. The van der Waals surface area contributed by atoms with E-state index in [9.17, 15) is 4.79 Å². The summed E-state index contributed by atoms with van der Waals surface area (Å²) < 4.78 is 4.54. The summed E-state index contributed by atoms with van der Waals surface area (Å²) in [6.07, 6.45) is 0. The average molecular weight is 159 g/mol. The highest BCUT2D eigenvalue weighted by Crippen LogP contribution is 2.09. The third-order valence-corrected chi connectivity index (χ3v) is 1.74. The van der Waals surface area contributed by atoms with Crippen LogP contribution in [0.1, 0.15) is 20.8 Å². The van der Waals surface area contributed by atoms with Gasteiger partial charge < -0.3 is 4.74 Å². The molecule has 0 aromatic rings. The molecule has 0 spiro atoms. The van der Waals surface area contributed by atoms with Crippen molar-refractivity contribution >= 4 is 5.97 Å². The molecule has 3 heteroatoms. The minimum Gasteiger partial charge on any atom is -0.468 e. The Bertz CT molecular complexity index is 138. The summed E-state index contributed by atoms with van der Waals surface area (Å²) in [5.74, 6) is -0.192. The lowest BCUT2D eigenvalue weighted by atomic mass is 10.1. The van der Waals surface area contributed by atoms with E-state index in [2.05, 4.69) is 25.5 Å². The SMILES string of the molecule is COC(=O)CN(C)C(C)(C)C. The smallest absolute Gasteiger partial charge is 0.319 e. The lowest BCUT2D eigenvalue weighted by Crippen LogP contribution is -2.41. The first kappa shape index (κ1) is 10.4. The fraction of sp³-hybridized carbons (Fsp3) is 0.875. The Hall–Kier alpha value is -0.570. The molecule has 0 saturated carbocycles. The van der Waals surface area contributed by atoms with E-state index in [0.717, 1.165) is 0 Å². The van der Waals surface area contributed by atoms with E-state index in [-0.39, 0.29) is 11.5 Å². The maximum absolute atomic E-state index is 10.8. The average Bonchev–Trinajstić information content (AvgIpc) is 1.85. The molecule has 0 heterocycles. The van der Waals surface area contributed by atoms with Gasteiger partial charge in [-0.25, -0.2) is 0 Å². The summed E-state index contributed by atoms with van der Waals surface area (Å²) in [5, 5.41) is 0. The predicted molar refractivity (Wildman–Crippen MR) is 44.4 cm³/mol. The van der Waals surface area contributed by atoms with Crippen LogP contribution in [-0.2, 0) is 9.53 Å².